The zero-order valence-corrected chi connectivity index (χ0v) is 13.2. The predicted octanol–water partition coefficient (Wildman–Crippen LogP) is 4.42. The summed E-state index contributed by atoms with van der Waals surface area (Å²) in [5.74, 6) is 0.658. The van der Waals surface area contributed by atoms with E-state index in [0.29, 0.717) is 5.92 Å². The first kappa shape index (κ1) is 14.0. The monoisotopic (exact) mass is 291 g/mol. The van der Waals surface area contributed by atoms with Gasteiger partial charge in [0.2, 0.25) is 0 Å². The molecule has 0 aromatic heterocycles. The van der Waals surface area contributed by atoms with Gasteiger partial charge in [0.15, 0.2) is 0 Å². The van der Waals surface area contributed by atoms with Gasteiger partial charge in [0, 0.05) is 12.0 Å². The van der Waals surface area contributed by atoms with E-state index >= 15 is 0 Å². The lowest BCUT2D eigenvalue weighted by Gasteiger charge is -2.39. The number of benzene rings is 2. The first-order valence-corrected chi connectivity index (χ1v) is 8.77. The molecule has 0 amide bonds. The summed E-state index contributed by atoms with van der Waals surface area (Å²) in [5.41, 5.74) is 4.67. The molecule has 1 nitrogen and oxygen atoms in total. The van der Waals surface area contributed by atoms with Crippen LogP contribution in [-0.4, -0.2) is 24.0 Å². The largest absolute Gasteiger partial charge is 0.300 e. The van der Waals surface area contributed by atoms with Crippen molar-refractivity contribution in [3.8, 4) is 0 Å². The van der Waals surface area contributed by atoms with E-state index in [1.807, 2.05) is 0 Å². The zero-order chi connectivity index (χ0) is 14.8. The van der Waals surface area contributed by atoms with Crippen molar-refractivity contribution in [2.24, 2.45) is 0 Å². The van der Waals surface area contributed by atoms with Crippen LogP contribution in [0.5, 0.6) is 0 Å². The molecular formula is C21H25N. The molecular weight excluding hydrogens is 266 g/mol. The molecule has 0 N–H and O–H groups in total. The molecule has 2 aromatic rings. The fourth-order valence-electron chi connectivity index (χ4n) is 4.46. The average molecular weight is 291 g/mol. The van der Waals surface area contributed by atoms with Crippen LogP contribution in [0.3, 0.4) is 0 Å². The highest BCUT2D eigenvalue weighted by Crippen LogP contribution is 2.38. The van der Waals surface area contributed by atoms with Crippen molar-refractivity contribution in [1.29, 1.82) is 0 Å². The highest BCUT2D eigenvalue weighted by Gasteiger charge is 2.34. The molecule has 2 aromatic carbocycles. The number of aryl methyl sites for hydroxylation is 1. The second-order valence-corrected chi connectivity index (χ2v) is 6.84. The Morgan fingerprint density at radius 1 is 0.864 bits per heavy atom. The smallest absolute Gasteiger partial charge is 0.0170 e. The maximum Gasteiger partial charge on any atom is 0.0170 e. The third-order valence-electron chi connectivity index (χ3n) is 5.54. The van der Waals surface area contributed by atoms with Crippen LogP contribution in [0.1, 0.15) is 41.9 Å². The molecule has 0 saturated carbocycles. The fourth-order valence-corrected chi connectivity index (χ4v) is 4.46. The van der Waals surface area contributed by atoms with Crippen molar-refractivity contribution in [2.75, 3.05) is 13.1 Å². The van der Waals surface area contributed by atoms with E-state index in [0.717, 1.165) is 6.04 Å². The van der Waals surface area contributed by atoms with Crippen molar-refractivity contribution in [1.82, 2.24) is 4.90 Å². The van der Waals surface area contributed by atoms with Crippen LogP contribution in [0, 0.1) is 0 Å². The van der Waals surface area contributed by atoms with Crippen LogP contribution >= 0.6 is 0 Å². The minimum absolute atomic E-state index is 0.658. The summed E-state index contributed by atoms with van der Waals surface area (Å²) < 4.78 is 0. The molecule has 0 radical (unpaired) electrons. The van der Waals surface area contributed by atoms with Gasteiger partial charge in [0.05, 0.1) is 0 Å². The molecule has 1 aliphatic heterocycles. The second kappa shape index (κ2) is 6.26. The van der Waals surface area contributed by atoms with E-state index in [9.17, 15) is 0 Å². The Hall–Kier alpha value is -1.60. The lowest BCUT2D eigenvalue weighted by molar-refractivity contribution is 0.188. The number of nitrogens with zero attached hydrogens (tertiary/aromatic N) is 1. The number of rotatable bonds is 3. The summed E-state index contributed by atoms with van der Waals surface area (Å²) in [6.45, 7) is 2.61. The second-order valence-electron chi connectivity index (χ2n) is 6.84. The van der Waals surface area contributed by atoms with Gasteiger partial charge < -0.3 is 0 Å². The molecule has 2 aliphatic rings. The highest BCUT2D eigenvalue weighted by molar-refractivity contribution is 5.36. The summed E-state index contributed by atoms with van der Waals surface area (Å²) in [4.78, 5) is 2.77. The van der Waals surface area contributed by atoms with Gasteiger partial charge in [-0.1, -0.05) is 54.6 Å². The Balaban J connectivity index is 1.67. The lowest BCUT2D eigenvalue weighted by atomic mass is 9.75. The van der Waals surface area contributed by atoms with E-state index in [4.69, 9.17) is 0 Å². The molecule has 22 heavy (non-hydrogen) atoms. The molecule has 1 heterocycles. The molecule has 1 saturated heterocycles. The van der Waals surface area contributed by atoms with Crippen molar-refractivity contribution < 1.29 is 0 Å². The Morgan fingerprint density at radius 2 is 1.59 bits per heavy atom. The van der Waals surface area contributed by atoms with Gasteiger partial charge in [-0.15, -0.1) is 0 Å². The quantitative estimate of drug-likeness (QED) is 0.809. The summed E-state index contributed by atoms with van der Waals surface area (Å²) in [5, 5.41) is 0. The van der Waals surface area contributed by atoms with Gasteiger partial charge in [-0.3, -0.25) is 4.90 Å². The van der Waals surface area contributed by atoms with Gasteiger partial charge in [0.1, 0.15) is 0 Å². The zero-order valence-electron chi connectivity index (χ0n) is 13.2. The molecule has 1 aliphatic carbocycles. The van der Waals surface area contributed by atoms with Crippen molar-refractivity contribution in [2.45, 2.75) is 44.1 Å². The van der Waals surface area contributed by atoms with Gasteiger partial charge in [-0.2, -0.15) is 0 Å². The van der Waals surface area contributed by atoms with Crippen molar-refractivity contribution >= 4 is 0 Å². The minimum Gasteiger partial charge on any atom is -0.300 e. The van der Waals surface area contributed by atoms with Crippen LogP contribution in [-0.2, 0) is 12.8 Å². The molecule has 0 spiro atoms. The first-order chi connectivity index (χ1) is 10.9. The van der Waals surface area contributed by atoms with Gasteiger partial charge in [-0.25, -0.2) is 0 Å². The Bertz CT molecular complexity index is 613. The Labute approximate surface area is 134 Å². The maximum absolute atomic E-state index is 2.77. The lowest BCUT2D eigenvalue weighted by Crippen LogP contribution is -2.41. The SMILES string of the molecule is c1ccc(CC2c3ccccc3CCC2N2CCCC2)cc1. The number of likely N-dealkylation sites (tertiary alicyclic amines) is 1. The van der Waals surface area contributed by atoms with E-state index in [1.165, 1.54) is 50.8 Å². The first-order valence-electron chi connectivity index (χ1n) is 8.77. The van der Waals surface area contributed by atoms with Gasteiger partial charge in [-0.05, 0) is 61.9 Å². The number of fused-ring (bicyclic) bond motifs is 1. The standard InChI is InChI=1S/C21H25N/c1-2-8-17(9-3-1)16-20-19-11-5-4-10-18(19)12-13-21(20)22-14-6-7-15-22/h1-5,8-11,20-21H,6-7,12-16H2. The van der Waals surface area contributed by atoms with E-state index < -0.39 is 0 Å². The molecule has 4 rings (SSSR count). The Kier molecular flexibility index (Phi) is 3.99. The van der Waals surface area contributed by atoms with Crippen LogP contribution in [0.15, 0.2) is 54.6 Å². The van der Waals surface area contributed by atoms with E-state index in [-0.39, 0.29) is 0 Å². The third kappa shape index (κ3) is 2.70. The van der Waals surface area contributed by atoms with Crippen molar-refractivity contribution in [3.63, 3.8) is 0 Å². The normalized spacial score (nSPS) is 25.1. The van der Waals surface area contributed by atoms with Crippen LogP contribution in [0.4, 0.5) is 0 Å². The summed E-state index contributed by atoms with van der Waals surface area (Å²) in [7, 11) is 0. The van der Waals surface area contributed by atoms with E-state index in [2.05, 4.69) is 59.5 Å². The molecule has 2 atom stereocenters. The Morgan fingerprint density at radius 3 is 2.41 bits per heavy atom. The minimum atomic E-state index is 0.658. The van der Waals surface area contributed by atoms with Gasteiger partial charge in [0.25, 0.3) is 0 Å². The number of hydrogen-bond acceptors (Lipinski definition) is 1. The average Bonchev–Trinajstić information content (AvgIpc) is 3.10. The fraction of sp³-hybridized carbons (Fsp3) is 0.429. The van der Waals surface area contributed by atoms with E-state index in [1.54, 1.807) is 11.1 Å². The van der Waals surface area contributed by atoms with Crippen molar-refractivity contribution in [3.05, 3.63) is 71.3 Å². The summed E-state index contributed by atoms with van der Waals surface area (Å²) in [6.07, 6.45) is 6.53. The molecule has 0 bridgehead atoms. The molecule has 1 fully saturated rings. The van der Waals surface area contributed by atoms with Crippen LogP contribution in [0.2, 0.25) is 0 Å². The highest BCUT2D eigenvalue weighted by atomic mass is 15.2. The maximum atomic E-state index is 2.77. The van der Waals surface area contributed by atoms with Crippen LogP contribution in [0.25, 0.3) is 0 Å². The summed E-state index contributed by atoms with van der Waals surface area (Å²) >= 11 is 0. The topological polar surface area (TPSA) is 3.24 Å². The molecule has 114 valence electrons. The molecule has 2 unspecified atom stereocenters. The summed E-state index contributed by atoms with van der Waals surface area (Å²) in [6, 6.07) is 20.9. The predicted molar refractivity (Wildman–Crippen MR) is 92.2 cm³/mol. The van der Waals surface area contributed by atoms with Gasteiger partial charge >= 0.3 is 0 Å². The molecule has 1 heteroatoms. The van der Waals surface area contributed by atoms with Crippen LogP contribution < -0.4 is 0 Å². The third-order valence-corrected chi connectivity index (χ3v) is 5.54. The number of hydrogen-bond donors (Lipinski definition) is 0.